The van der Waals surface area contributed by atoms with Crippen LogP contribution in [-0.4, -0.2) is 22.7 Å². The Morgan fingerprint density at radius 1 is 0.882 bits per heavy atom. The van der Waals surface area contributed by atoms with Crippen molar-refractivity contribution in [2.24, 2.45) is 0 Å². The van der Waals surface area contributed by atoms with E-state index in [0.29, 0.717) is 27.3 Å². The molecule has 0 unspecified atom stereocenters. The average Bonchev–Trinajstić information content (AvgIpc) is 2.81. The van der Waals surface area contributed by atoms with E-state index in [0.717, 1.165) is 27.7 Å². The molecular weight excluding hydrogens is 477 g/mol. The first-order valence-electron chi connectivity index (χ1n) is 10.4. The number of aliphatic carboxylic acids is 1. The van der Waals surface area contributed by atoms with Crippen LogP contribution in [-0.2, 0) is 18.0 Å². The van der Waals surface area contributed by atoms with Gasteiger partial charge in [0, 0.05) is 17.0 Å². The second-order valence-electron chi connectivity index (χ2n) is 7.56. The highest BCUT2D eigenvalue weighted by atomic mass is 35.5. The molecule has 1 N–H and O–H groups in total. The number of fused-ring (bicyclic) bond motifs is 1. The van der Waals surface area contributed by atoms with Crippen molar-refractivity contribution >= 4 is 40.1 Å². The normalized spacial score (nSPS) is 10.8. The first kappa shape index (κ1) is 23.7. The smallest absolute Gasteiger partial charge is 0.341 e. The summed E-state index contributed by atoms with van der Waals surface area (Å²) in [5.41, 5.74) is 3.08. The Morgan fingerprint density at radius 2 is 1.59 bits per heavy atom. The molecule has 0 fully saturated rings. The van der Waals surface area contributed by atoms with Crippen LogP contribution in [0.2, 0.25) is 10.0 Å². The minimum Gasteiger partial charge on any atom is -0.489 e. The molecule has 0 aliphatic heterocycles. The Hall–Kier alpha value is -3.48. The summed E-state index contributed by atoms with van der Waals surface area (Å²) >= 11 is 12.2. The molecule has 4 aromatic rings. The fourth-order valence-corrected chi connectivity index (χ4v) is 3.71. The Balaban J connectivity index is 1.41. The summed E-state index contributed by atoms with van der Waals surface area (Å²) < 4.78 is 17.3. The molecule has 3 aromatic carbocycles. The van der Waals surface area contributed by atoms with Gasteiger partial charge in [0.15, 0.2) is 6.61 Å². The van der Waals surface area contributed by atoms with Gasteiger partial charge in [-0.3, -0.25) is 0 Å². The number of halogens is 2. The molecule has 0 saturated carbocycles. The van der Waals surface area contributed by atoms with Crippen LogP contribution in [0.1, 0.15) is 16.8 Å². The Morgan fingerprint density at radius 3 is 2.35 bits per heavy atom. The zero-order chi connectivity index (χ0) is 24.1. The van der Waals surface area contributed by atoms with Gasteiger partial charge in [-0.05, 0) is 42.8 Å². The number of hydrogen-bond donors (Lipinski definition) is 1. The second kappa shape index (κ2) is 10.6. The fourth-order valence-electron chi connectivity index (χ4n) is 3.38. The van der Waals surface area contributed by atoms with Crippen molar-refractivity contribution in [1.82, 2.24) is 4.98 Å². The minimum absolute atomic E-state index is 0.218. The maximum Gasteiger partial charge on any atom is 0.341 e. The van der Waals surface area contributed by atoms with Crippen molar-refractivity contribution in [2.75, 3.05) is 6.61 Å². The van der Waals surface area contributed by atoms with Crippen molar-refractivity contribution in [2.45, 2.75) is 20.1 Å². The summed E-state index contributed by atoms with van der Waals surface area (Å²) in [6, 6.07) is 20.2. The van der Waals surface area contributed by atoms with Gasteiger partial charge in [0.05, 0.1) is 21.3 Å². The molecule has 0 radical (unpaired) electrons. The summed E-state index contributed by atoms with van der Waals surface area (Å²) in [5, 5.41) is 10.8. The van der Waals surface area contributed by atoms with Gasteiger partial charge >= 0.3 is 5.97 Å². The number of hydrogen-bond acceptors (Lipinski definition) is 5. The van der Waals surface area contributed by atoms with Crippen LogP contribution in [0, 0.1) is 6.92 Å². The first-order valence-corrected chi connectivity index (χ1v) is 11.2. The van der Waals surface area contributed by atoms with E-state index >= 15 is 0 Å². The lowest BCUT2D eigenvalue weighted by atomic mass is 10.1. The van der Waals surface area contributed by atoms with E-state index in [9.17, 15) is 4.79 Å². The van der Waals surface area contributed by atoms with E-state index in [-0.39, 0.29) is 13.2 Å². The van der Waals surface area contributed by atoms with Crippen LogP contribution in [0.5, 0.6) is 17.2 Å². The van der Waals surface area contributed by atoms with Gasteiger partial charge in [0.25, 0.3) is 0 Å². The lowest BCUT2D eigenvalue weighted by molar-refractivity contribution is -0.139. The number of ether oxygens (including phenoxy) is 3. The standard InChI is InChI=1S/C26H21Cl2NO5/c1-16-4-2-5-18(26(16)34-15-25(30)31)13-32-20-6-3-7-21(11-20)33-14-19-9-8-17-10-22(27)23(28)12-24(17)29-19/h2-12H,13-15H2,1H3,(H,30,31). The largest absolute Gasteiger partial charge is 0.489 e. The van der Waals surface area contributed by atoms with E-state index in [4.69, 9.17) is 42.5 Å². The Labute approximate surface area is 206 Å². The lowest BCUT2D eigenvalue weighted by Crippen LogP contribution is -2.12. The van der Waals surface area contributed by atoms with Crippen LogP contribution < -0.4 is 14.2 Å². The molecule has 1 aromatic heterocycles. The molecule has 0 bridgehead atoms. The summed E-state index contributed by atoms with van der Waals surface area (Å²) in [7, 11) is 0. The molecule has 0 saturated heterocycles. The fraction of sp³-hybridized carbons (Fsp3) is 0.154. The SMILES string of the molecule is Cc1cccc(COc2cccc(OCc3ccc4cc(Cl)c(Cl)cc4n3)c2)c1OCC(=O)O. The first-order chi connectivity index (χ1) is 16.4. The van der Waals surface area contributed by atoms with Crippen molar-refractivity contribution in [3.63, 3.8) is 0 Å². The van der Waals surface area contributed by atoms with E-state index < -0.39 is 12.6 Å². The van der Waals surface area contributed by atoms with Gasteiger partial charge in [0.2, 0.25) is 0 Å². The van der Waals surface area contributed by atoms with E-state index in [1.165, 1.54) is 0 Å². The van der Waals surface area contributed by atoms with Crippen LogP contribution in [0.25, 0.3) is 10.9 Å². The number of benzene rings is 3. The maximum atomic E-state index is 10.9. The van der Waals surface area contributed by atoms with E-state index in [1.54, 1.807) is 18.2 Å². The average molecular weight is 498 g/mol. The second-order valence-corrected chi connectivity index (χ2v) is 8.37. The van der Waals surface area contributed by atoms with Gasteiger partial charge in [-0.25, -0.2) is 9.78 Å². The summed E-state index contributed by atoms with van der Waals surface area (Å²) in [4.78, 5) is 15.5. The summed E-state index contributed by atoms with van der Waals surface area (Å²) in [6.07, 6.45) is 0. The van der Waals surface area contributed by atoms with Crippen LogP contribution >= 0.6 is 23.2 Å². The van der Waals surface area contributed by atoms with Crippen molar-refractivity contribution < 1.29 is 24.1 Å². The molecule has 0 aliphatic carbocycles. The van der Waals surface area contributed by atoms with Crippen LogP contribution in [0.15, 0.2) is 66.7 Å². The molecule has 174 valence electrons. The zero-order valence-electron chi connectivity index (χ0n) is 18.3. The monoisotopic (exact) mass is 497 g/mol. The molecule has 0 aliphatic rings. The van der Waals surface area contributed by atoms with E-state index in [2.05, 4.69) is 4.98 Å². The summed E-state index contributed by atoms with van der Waals surface area (Å²) in [5.74, 6) is 0.713. The Kier molecular flexibility index (Phi) is 7.40. The third-order valence-corrected chi connectivity index (χ3v) is 5.73. The molecule has 0 spiro atoms. The molecule has 0 amide bonds. The van der Waals surface area contributed by atoms with Crippen molar-refractivity contribution in [3.05, 3.63) is 93.6 Å². The predicted molar refractivity (Wildman–Crippen MR) is 131 cm³/mol. The summed E-state index contributed by atoms with van der Waals surface area (Å²) in [6.45, 7) is 1.93. The number of carboxylic acid groups (broad SMARTS) is 1. The number of aryl methyl sites for hydroxylation is 1. The highest BCUT2D eigenvalue weighted by molar-refractivity contribution is 6.42. The number of pyridine rings is 1. The van der Waals surface area contributed by atoms with Crippen molar-refractivity contribution in [3.8, 4) is 17.2 Å². The molecule has 6 nitrogen and oxygen atoms in total. The third kappa shape index (κ3) is 5.90. The number of rotatable bonds is 9. The molecule has 8 heteroatoms. The number of nitrogens with zero attached hydrogens (tertiary/aromatic N) is 1. The highest BCUT2D eigenvalue weighted by Gasteiger charge is 2.10. The number of carbonyl (C=O) groups is 1. The third-order valence-electron chi connectivity index (χ3n) is 5.01. The van der Waals surface area contributed by atoms with Gasteiger partial charge < -0.3 is 19.3 Å². The maximum absolute atomic E-state index is 10.9. The van der Waals surface area contributed by atoms with Crippen molar-refractivity contribution in [1.29, 1.82) is 0 Å². The molecule has 4 rings (SSSR count). The topological polar surface area (TPSA) is 77.9 Å². The van der Waals surface area contributed by atoms with Gasteiger partial charge in [0.1, 0.15) is 30.5 Å². The lowest BCUT2D eigenvalue weighted by Gasteiger charge is -2.14. The number of para-hydroxylation sites is 1. The molecule has 0 atom stereocenters. The van der Waals surface area contributed by atoms with Crippen LogP contribution in [0.4, 0.5) is 0 Å². The van der Waals surface area contributed by atoms with E-state index in [1.807, 2.05) is 55.5 Å². The molecular formula is C26H21Cl2NO5. The zero-order valence-corrected chi connectivity index (χ0v) is 19.8. The quantitative estimate of drug-likeness (QED) is 0.285. The van der Waals surface area contributed by atoms with Gasteiger partial charge in [-0.1, -0.05) is 53.5 Å². The number of carboxylic acids is 1. The van der Waals surface area contributed by atoms with Gasteiger partial charge in [-0.15, -0.1) is 0 Å². The number of aromatic nitrogens is 1. The van der Waals surface area contributed by atoms with Crippen LogP contribution in [0.3, 0.4) is 0 Å². The molecule has 1 heterocycles. The predicted octanol–water partition coefficient (Wildman–Crippen LogP) is 6.47. The minimum atomic E-state index is -1.03. The van der Waals surface area contributed by atoms with Gasteiger partial charge in [-0.2, -0.15) is 0 Å². The molecule has 34 heavy (non-hydrogen) atoms. The Bertz CT molecular complexity index is 1340. The highest BCUT2D eigenvalue weighted by Crippen LogP contribution is 2.28.